The fraction of sp³-hybridized carbons (Fsp3) is 0.750. The summed E-state index contributed by atoms with van der Waals surface area (Å²) in [4.78, 5) is 24.9. The highest BCUT2D eigenvalue weighted by molar-refractivity contribution is 7.11. The van der Waals surface area contributed by atoms with E-state index in [0.717, 1.165) is 43.2 Å². The molecule has 1 amide bonds. The van der Waals surface area contributed by atoms with E-state index in [9.17, 15) is 4.79 Å². The van der Waals surface area contributed by atoms with E-state index in [1.54, 1.807) is 11.3 Å². The van der Waals surface area contributed by atoms with E-state index in [4.69, 9.17) is 9.73 Å². The number of amides is 1. The Morgan fingerprint density at radius 3 is 2.57 bits per heavy atom. The summed E-state index contributed by atoms with van der Waals surface area (Å²) in [5, 5.41) is 7.93. The Balaban J connectivity index is 1.60. The molecule has 1 aromatic rings. The Hall–Kier alpha value is -1.83. The van der Waals surface area contributed by atoms with Gasteiger partial charge in [-0.3, -0.25) is 0 Å². The number of aryl methyl sites for hydroxylation is 1. The third kappa shape index (κ3) is 5.37. The second kappa shape index (κ2) is 8.68. The van der Waals surface area contributed by atoms with Gasteiger partial charge in [-0.15, -0.1) is 11.3 Å². The first-order valence-electron chi connectivity index (χ1n) is 10.2. The second-order valence-corrected chi connectivity index (χ2v) is 9.96. The van der Waals surface area contributed by atoms with Gasteiger partial charge < -0.3 is 20.3 Å². The quantitative estimate of drug-likeness (QED) is 0.590. The number of thiazole rings is 1. The number of aromatic nitrogens is 1. The van der Waals surface area contributed by atoms with E-state index in [-0.39, 0.29) is 18.2 Å². The summed E-state index contributed by atoms with van der Waals surface area (Å²) in [6.07, 6.45) is 5.67. The summed E-state index contributed by atoms with van der Waals surface area (Å²) in [5.41, 5.74) is -0.454. The van der Waals surface area contributed by atoms with Gasteiger partial charge in [-0.05, 0) is 60.3 Å². The van der Waals surface area contributed by atoms with Gasteiger partial charge in [0.05, 0.1) is 6.54 Å². The number of fused-ring (bicyclic) bond motifs is 2. The van der Waals surface area contributed by atoms with Crippen molar-refractivity contribution >= 4 is 23.4 Å². The number of aliphatic imine (C=N–C) groups is 1. The molecule has 28 heavy (non-hydrogen) atoms. The molecule has 0 radical (unpaired) electrons. The van der Waals surface area contributed by atoms with Gasteiger partial charge in [-0.25, -0.2) is 14.8 Å². The van der Waals surface area contributed by atoms with Crippen LogP contribution in [0.3, 0.4) is 0 Å². The van der Waals surface area contributed by atoms with Crippen LogP contribution in [0.1, 0.15) is 63.3 Å². The molecule has 1 aromatic heterocycles. The molecule has 2 saturated heterocycles. The maximum atomic E-state index is 12.6. The lowest BCUT2D eigenvalue weighted by Gasteiger charge is -2.40. The third-order valence-corrected chi connectivity index (χ3v) is 5.96. The van der Waals surface area contributed by atoms with Crippen LogP contribution in [-0.2, 0) is 11.3 Å². The van der Waals surface area contributed by atoms with Gasteiger partial charge in [-0.1, -0.05) is 0 Å². The number of hydrogen-bond acceptors (Lipinski definition) is 5. The van der Waals surface area contributed by atoms with E-state index in [1.165, 1.54) is 4.88 Å². The van der Waals surface area contributed by atoms with Crippen molar-refractivity contribution in [2.45, 2.75) is 90.6 Å². The zero-order valence-electron chi connectivity index (χ0n) is 17.6. The van der Waals surface area contributed by atoms with Crippen molar-refractivity contribution in [3.05, 3.63) is 16.1 Å². The van der Waals surface area contributed by atoms with Crippen LogP contribution in [0.15, 0.2) is 11.2 Å². The Morgan fingerprint density at radius 1 is 1.36 bits per heavy atom. The number of ether oxygens (including phenoxy) is 1. The average molecular weight is 408 g/mol. The molecule has 0 aromatic carbocycles. The molecular weight excluding hydrogens is 374 g/mol. The summed E-state index contributed by atoms with van der Waals surface area (Å²) in [5.74, 6) is 0.825. The molecule has 2 fully saturated rings. The van der Waals surface area contributed by atoms with E-state index in [2.05, 4.69) is 29.5 Å². The number of rotatable bonds is 4. The van der Waals surface area contributed by atoms with Crippen LogP contribution in [0.2, 0.25) is 0 Å². The van der Waals surface area contributed by atoms with Crippen molar-refractivity contribution in [2.75, 3.05) is 6.54 Å². The molecule has 0 aliphatic carbocycles. The smallest absolute Gasteiger partial charge is 0.410 e. The molecular formula is C20H33N5O2S. The van der Waals surface area contributed by atoms with Crippen LogP contribution < -0.4 is 10.6 Å². The Morgan fingerprint density at radius 2 is 2.04 bits per heavy atom. The standard InChI is InChI=1S/C20H33N5O2S/c1-6-21-18(23-12-17-22-11-13(2)28-17)24-14-9-15-7-8-16(10-14)25(15)19(26)27-20(3,4)5/h11,14-16H,6-10,12H2,1-5H3,(H2,21,23,24). The zero-order chi connectivity index (χ0) is 20.3. The molecule has 156 valence electrons. The van der Waals surface area contributed by atoms with Gasteiger partial charge >= 0.3 is 6.09 Å². The van der Waals surface area contributed by atoms with E-state index >= 15 is 0 Å². The number of hydrogen-bond donors (Lipinski definition) is 2. The van der Waals surface area contributed by atoms with Gasteiger partial charge in [0.25, 0.3) is 0 Å². The van der Waals surface area contributed by atoms with Gasteiger partial charge in [0.2, 0.25) is 0 Å². The minimum Gasteiger partial charge on any atom is -0.444 e. The number of guanidine groups is 1. The van der Waals surface area contributed by atoms with Crippen LogP contribution in [0.4, 0.5) is 4.79 Å². The first kappa shape index (κ1) is 20.9. The first-order chi connectivity index (χ1) is 13.2. The van der Waals surface area contributed by atoms with Crippen molar-refractivity contribution in [3.63, 3.8) is 0 Å². The Bertz CT molecular complexity index is 698. The van der Waals surface area contributed by atoms with Gasteiger partial charge in [0, 0.05) is 35.7 Å². The lowest BCUT2D eigenvalue weighted by molar-refractivity contribution is 0.00545. The van der Waals surface area contributed by atoms with Crippen LogP contribution in [0.5, 0.6) is 0 Å². The zero-order valence-corrected chi connectivity index (χ0v) is 18.4. The van der Waals surface area contributed by atoms with Crippen molar-refractivity contribution < 1.29 is 9.53 Å². The summed E-state index contributed by atoms with van der Waals surface area (Å²) in [6.45, 7) is 11.3. The molecule has 0 saturated carbocycles. The molecule has 2 bridgehead atoms. The van der Waals surface area contributed by atoms with Crippen LogP contribution >= 0.6 is 11.3 Å². The van der Waals surface area contributed by atoms with Crippen molar-refractivity contribution in [1.29, 1.82) is 0 Å². The molecule has 2 aliphatic rings. The van der Waals surface area contributed by atoms with E-state index in [1.807, 2.05) is 31.9 Å². The fourth-order valence-electron chi connectivity index (χ4n) is 4.04. The molecule has 7 nitrogen and oxygen atoms in total. The van der Waals surface area contributed by atoms with Crippen molar-refractivity contribution in [2.24, 2.45) is 4.99 Å². The predicted octanol–water partition coefficient (Wildman–Crippen LogP) is 3.44. The molecule has 8 heteroatoms. The molecule has 2 N–H and O–H groups in total. The topological polar surface area (TPSA) is 78.9 Å². The number of piperidine rings is 1. The van der Waals surface area contributed by atoms with Crippen LogP contribution in [0.25, 0.3) is 0 Å². The number of nitrogens with zero attached hydrogens (tertiary/aromatic N) is 3. The number of nitrogens with one attached hydrogen (secondary N) is 2. The predicted molar refractivity (Wildman–Crippen MR) is 113 cm³/mol. The third-order valence-electron chi connectivity index (χ3n) is 5.06. The molecule has 2 aliphatic heterocycles. The van der Waals surface area contributed by atoms with Crippen LogP contribution in [-0.4, -0.2) is 52.2 Å². The molecule has 0 spiro atoms. The monoisotopic (exact) mass is 407 g/mol. The van der Waals surface area contributed by atoms with E-state index in [0.29, 0.717) is 12.6 Å². The molecule has 2 atom stereocenters. The lowest BCUT2D eigenvalue weighted by Crippen LogP contribution is -2.55. The average Bonchev–Trinajstić information content (AvgIpc) is 3.12. The molecule has 3 heterocycles. The summed E-state index contributed by atoms with van der Waals surface area (Å²) < 4.78 is 5.63. The Kier molecular flexibility index (Phi) is 6.47. The van der Waals surface area contributed by atoms with Gasteiger partial charge in [-0.2, -0.15) is 0 Å². The molecule has 2 unspecified atom stereocenters. The maximum Gasteiger partial charge on any atom is 0.410 e. The second-order valence-electron chi connectivity index (χ2n) is 8.65. The van der Waals surface area contributed by atoms with Gasteiger partial charge in [0.1, 0.15) is 10.6 Å². The highest BCUT2D eigenvalue weighted by Gasteiger charge is 2.45. The minimum atomic E-state index is -0.454. The summed E-state index contributed by atoms with van der Waals surface area (Å²) >= 11 is 1.68. The van der Waals surface area contributed by atoms with E-state index < -0.39 is 5.60 Å². The summed E-state index contributed by atoms with van der Waals surface area (Å²) in [7, 11) is 0. The van der Waals surface area contributed by atoms with Crippen molar-refractivity contribution in [3.8, 4) is 0 Å². The Labute approximate surface area is 172 Å². The normalized spacial score (nSPS) is 25.0. The lowest BCUT2D eigenvalue weighted by atomic mass is 9.98. The van der Waals surface area contributed by atoms with Gasteiger partial charge in [0.15, 0.2) is 5.96 Å². The first-order valence-corrected chi connectivity index (χ1v) is 11.0. The summed E-state index contributed by atoms with van der Waals surface area (Å²) in [6, 6.07) is 0.804. The number of carbonyl (C=O) groups is 1. The van der Waals surface area contributed by atoms with Crippen molar-refractivity contribution in [1.82, 2.24) is 20.5 Å². The maximum absolute atomic E-state index is 12.6. The SMILES string of the molecule is CCNC(=NCc1ncc(C)s1)NC1CC2CCC(C1)N2C(=O)OC(C)(C)C. The highest BCUT2D eigenvalue weighted by Crippen LogP contribution is 2.36. The largest absolute Gasteiger partial charge is 0.444 e. The van der Waals surface area contributed by atoms with Crippen LogP contribution in [0, 0.1) is 6.92 Å². The number of carbonyl (C=O) groups excluding carboxylic acids is 1. The highest BCUT2D eigenvalue weighted by atomic mass is 32.1. The molecule has 3 rings (SSSR count). The fourth-order valence-corrected chi connectivity index (χ4v) is 4.75. The minimum absolute atomic E-state index is 0.168.